The van der Waals surface area contributed by atoms with Gasteiger partial charge < -0.3 is 15.2 Å². The Hall–Kier alpha value is -5.82. The van der Waals surface area contributed by atoms with Crippen molar-refractivity contribution in [3.63, 3.8) is 0 Å². The van der Waals surface area contributed by atoms with Crippen molar-refractivity contribution in [2.45, 2.75) is 50.0 Å². The summed E-state index contributed by atoms with van der Waals surface area (Å²) >= 11 is 0. The number of nitrogens with one attached hydrogen (secondary N) is 1. The fraction of sp³-hybridized carbons (Fsp3) is 0.275. The summed E-state index contributed by atoms with van der Waals surface area (Å²) in [5, 5.41) is 13.7. The van der Waals surface area contributed by atoms with Crippen LogP contribution in [0.5, 0.6) is 0 Å². The maximum Gasteiger partial charge on any atom is 0.416 e. The van der Waals surface area contributed by atoms with Crippen LogP contribution in [0.25, 0.3) is 0 Å². The summed E-state index contributed by atoms with van der Waals surface area (Å²) in [5.41, 5.74) is 1.66. The predicted molar refractivity (Wildman–Crippen MR) is 190 cm³/mol. The van der Waals surface area contributed by atoms with Crippen LogP contribution in [-0.4, -0.2) is 76.3 Å². The molecule has 0 saturated carbocycles. The molecule has 2 saturated heterocycles. The van der Waals surface area contributed by atoms with E-state index in [2.05, 4.69) is 10.2 Å². The number of benzene rings is 4. The Balaban J connectivity index is 1.39. The van der Waals surface area contributed by atoms with Crippen molar-refractivity contribution in [2.24, 2.45) is 4.99 Å². The smallest absolute Gasteiger partial charge is 0.416 e. The summed E-state index contributed by atoms with van der Waals surface area (Å²) in [6.07, 6.45) is -4.63. The number of cyclic esters (lactones) is 1. The van der Waals surface area contributed by atoms with E-state index in [9.17, 15) is 37.5 Å². The first kappa shape index (κ1) is 37.0. The standard InChI is InChI=1S/C40H37F3N4O6/c41-40(42,43)29-19-17-27(18-20-29)31(24-34(48)47-22-23-53-39(47)52)36(38(50)51)45-35(28-12-5-2-6-13-28)30-14-7-8-15-32(30)44-37(49)33-16-9-21-46(33)25-26-10-3-1-4-11-26/h1-8,10-15,17-20,31,33,36H,9,16,21-25H2,(H,44,49)(H,50,51)/t31-,33-,36+/m0/s1. The molecule has 13 heteroatoms. The SMILES string of the molecule is O=C(O)[C@H](N=C(c1ccccc1)c1ccccc1NC(=O)[C@@H]1CCCN1Cc1ccccc1)[C@@H](CC(=O)N1CCOC1=O)c1ccc(C(F)(F)F)cc1. The molecule has 0 spiro atoms. The van der Waals surface area contributed by atoms with E-state index in [-0.39, 0.29) is 30.3 Å². The molecule has 2 heterocycles. The zero-order valence-corrected chi connectivity index (χ0v) is 28.5. The molecule has 0 bridgehead atoms. The fourth-order valence-corrected chi connectivity index (χ4v) is 6.75. The molecule has 0 aromatic heterocycles. The van der Waals surface area contributed by atoms with E-state index in [1.165, 1.54) is 0 Å². The summed E-state index contributed by atoms with van der Waals surface area (Å²) in [7, 11) is 0. The zero-order chi connectivity index (χ0) is 37.5. The third-order valence-electron chi connectivity index (χ3n) is 9.41. The summed E-state index contributed by atoms with van der Waals surface area (Å²) in [5.74, 6) is -3.76. The summed E-state index contributed by atoms with van der Waals surface area (Å²) in [6.45, 7) is 1.24. The van der Waals surface area contributed by atoms with Crippen LogP contribution in [0.1, 0.15) is 53.0 Å². The number of alkyl halides is 3. The number of para-hydroxylation sites is 1. The van der Waals surface area contributed by atoms with Gasteiger partial charge in [-0.3, -0.25) is 19.5 Å². The first-order chi connectivity index (χ1) is 25.5. The number of halogens is 3. The number of rotatable bonds is 12. The van der Waals surface area contributed by atoms with Crippen molar-refractivity contribution in [1.82, 2.24) is 9.80 Å². The minimum absolute atomic E-state index is 0.0401. The second-order valence-electron chi connectivity index (χ2n) is 12.9. The Morgan fingerprint density at radius 2 is 1.55 bits per heavy atom. The fourth-order valence-electron chi connectivity index (χ4n) is 6.75. The molecule has 0 radical (unpaired) electrons. The largest absolute Gasteiger partial charge is 0.480 e. The number of hydrogen-bond donors (Lipinski definition) is 2. The van der Waals surface area contributed by atoms with Gasteiger partial charge in [-0.05, 0) is 48.7 Å². The van der Waals surface area contributed by atoms with Crippen LogP contribution in [0.3, 0.4) is 0 Å². The molecule has 274 valence electrons. The molecule has 6 rings (SSSR count). The lowest BCUT2D eigenvalue weighted by molar-refractivity contribution is -0.140. The van der Waals surface area contributed by atoms with Crippen molar-refractivity contribution in [3.8, 4) is 0 Å². The molecule has 2 N–H and O–H groups in total. The Bertz CT molecular complexity index is 1970. The van der Waals surface area contributed by atoms with Crippen LogP contribution < -0.4 is 5.32 Å². The Kier molecular flexibility index (Phi) is 11.3. The van der Waals surface area contributed by atoms with Crippen LogP contribution >= 0.6 is 0 Å². The monoisotopic (exact) mass is 726 g/mol. The highest BCUT2D eigenvalue weighted by Gasteiger charge is 2.38. The number of imide groups is 1. The highest BCUT2D eigenvalue weighted by molar-refractivity contribution is 6.18. The number of anilines is 1. The van der Waals surface area contributed by atoms with E-state index in [1.54, 1.807) is 54.6 Å². The lowest BCUT2D eigenvalue weighted by Gasteiger charge is -2.26. The van der Waals surface area contributed by atoms with Crippen molar-refractivity contribution in [2.75, 3.05) is 25.0 Å². The molecule has 2 aliphatic rings. The summed E-state index contributed by atoms with van der Waals surface area (Å²) in [4.78, 5) is 60.4. The lowest BCUT2D eigenvalue weighted by Crippen LogP contribution is -2.39. The molecule has 4 aromatic carbocycles. The number of carbonyl (C=O) groups excluding carboxylic acids is 3. The van der Waals surface area contributed by atoms with Crippen LogP contribution in [0.2, 0.25) is 0 Å². The minimum Gasteiger partial charge on any atom is -0.480 e. The molecule has 2 fully saturated rings. The van der Waals surface area contributed by atoms with E-state index in [0.717, 1.165) is 47.7 Å². The quantitative estimate of drug-likeness (QED) is 0.155. The van der Waals surface area contributed by atoms with E-state index in [0.29, 0.717) is 29.8 Å². The number of nitrogens with zero attached hydrogens (tertiary/aromatic N) is 3. The number of carboxylic acids is 1. The number of carbonyl (C=O) groups is 4. The number of aliphatic imine (C=N–C) groups is 1. The second-order valence-corrected chi connectivity index (χ2v) is 12.9. The molecule has 0 aliphatic carbocycles. The first-order valence-corrected chi connectivity index (χ1v) is 17.2. The second kappa shape index (κ2) is 16.2. The van der Waals surface area contributed by atoms with Gasteiger partial charge in [0.1, 0.15) is 6.61 Å². The number of carboxylic acid groups (broad SMARTS) is 1. The molecule has 3 atom stereocenters. The number of ether oxygens (including phenoxy) is 1. The van der Waals surface area contributed by atoms with Gasteiger partial charge in [0.25, 0.3) is 0 Å². The molecule has 2 aliphatic heterocycles. The van der Waals surface area contributed by atoms with E-state index < -0.39 is 54.1 Å². The Labute approximate surface area is 303 Å². The number of hydrogen-bond acceptors (Lipinski definition) is 7. The molecular formula is C40H37F3N4O6. The van der Waals surface area contributed by atoms with Crippen molar-refractivity contribution in [3.05, 3.63) is 137 Å². The van der Waals surface area contributed by atoms with E-state index >= 15 is 0 Å². The predicted octanol–water partition coefficient (Wildman–Crippen LogP) is 6.75. The van der Waals surface area contributed by atoms with Crippen LogP contribution in [0.4, 0.5) is 23.7 Å². The Morgan fingerprint density at radius 3 is 2.19 bits per heavy atom. The van der Waals surface area contributed by atoms with E-state index in [1.807, 2.05) is 30.3 Å². The molecule has 53 heavy (non-hydrogen) atoms. The molecule has 3 amide bonds. The highest BCUT2D eigenvalue weighted by atomic mass is 19.4. The van der Waals surface area contributed by atoms with Crippen molar-refractivity contribution >= 4 is 35.3 Å². The van der Waals surface area contributed by atoms with Gasteiger partial charge >= 0.3 is 18.2 Å². The third kappa shape index (κ3) is 8.80. The van der Waals surface area contributed by atoms with Crippen molar-refractivity contribution < 1.29 is 42.2 Å². The van der Waals surface area contributed by atoms with Crippen LogP contribution in [0.15, 0.2) is 114 Å². The maximum atomic E-state index is 13.9. The average Bonchev–Trinajstić information content (AvgIpc) is 3.81. The van der Waals surface area contributed by atoms with Gasteiger partial charge in [-0.2, -0.15) is 13.2 Å². The van der Waals surface area contributed by atoms with Gasteiger partial charge in [0.2, 0.25) is 11.8 Å². The molecule has 4 aromatic rings. The number of likely N-dealkylation sites (tertiary alicyclic amines) is 1. The molecular weight excluding hydrogens is 689 g/mol. The van der Waals surface area contributed by atoms with Gasteiger partial charge in [0, 0.05) is 30.0 Å². The Morgan fingerprint density at radius 1 is 0.887 bits per heavy atom. The normalized spacial score (nSPS) is 17.6. The number of amides is 3. The van der Waals surface area contributed by atoms with Gasteiger partial charge in [0.15, 0.2) is 6.04 Å². The average molecular weight is 727 g/mol. The third-order valence-corrected chi connectivity index (χ3v) is 9.41. The first-order valence-electron chi connectivity index (χ1n) is 17.2. The van der Waals surface area contributed by atoms with Gasteiger partial charge in [0.05, 0.1) is 29.5 Å². The number of aliphatic carboxylic acids is 1. The maximum absolute atomic E-state index is 13.9. The molecule has 10 nitrogen and oxygen atoms in total. The van der Waals surface area contributed by atoms with Crippen molar-refractivity contribution in [1.29, 1.82) is 0 Å². The van der Waals surface area contributed by atoms with Crippen LogP contribution in [-0.2, 0) is 31.8 Å². The summed E-state index contributed by atoms with van der Waals surface area (Å²) in [6, 6.07) is 27.1. The zero-order valence-electron chi connectivity index (χ0n) is 28.5. The minimum atomic E-state index is -4.65. The lowest BCUT2D eigenvalue weighted by atomic mass is 9.87. The molecule has 0 unspecified atom stereocenters. The highest BCUT2D eigenvalue weighted by Crippen LogP contribution is 2.34. The topological polar surface area (TPSA) is 129 Å². The van der Waals surface area contributed by atoms with Gasteiger partial charge in [-0.25, -0.2) is 14.5 Å². The van der Waals surface area contributed by atoms with Gasteiger partial charge in [-0.1, -0.05) is 91.0 Å². The van der Waals surface area contributed by atoms with Gasteiger partial charge in [-0.15, -0.1) is 0 Å². The van der Waals surface area contributed by atoms with E-state index in [4.69, 9.17) is 9.73 Å². The summed E-state index contributed by atoms with van der Waals surface area (Å²) < 4.78 is 45.4. The van der Waals surface area contributed by atoms with Crippen LogP contribution in [0, 0.1) is 0 Å².